The summed E-state index contributed by atoms with van der Waals surface area (Å²) in [6, 6.07) is 1.77. The minimum Gasteiger partial charge on any atom is -0.390 e. The van der Waals surface area contributed by atoms with Gasteiger partial charge >= 0.3 is 0 Å². The molecule has 1 fully saturated rings. The second-order valence-electron chi connectivity index (χ2n) is 3.26. The van der Waals surface area contributed by atoms with E-state index in [0.29, 0.717) is 5.69 Å². The maximum atomic E-state index is 8.96. The second kappa shape index (κ2) is 3.79. The van der Waals surface area contributed by atoms with E-state index >= 15 is 0 Å². The summed E-state index contributed by atoms with van der Waals surface area (Å²) in [7, 11) is 0. The van der Waals surface area contributed by atoms with Gasteiger partial charge in [0.1, 0.15) is 5.82 Å². The second-order valence-corrected chi connectivity index (χ2v) is 3.26. The Kier molecular flexibility index (Phi) is 2.49. The van der Waals surface area contributed by atoms with Gasteiger partial charge in [0.15, 0.2) is 0 Å². The van der Waals surface area contributed by atoms with Crippen molar-refractivity contribution in [1.29, 1.82) is 0 Å². The average Bonchev–Trinajstić information content (AvgIpc) is 2.69. The van der Waals surface area contributed by atoms with Gasteiger partial charge in [-0.3, -0.25) is 0 Å². The van der Waals surface area contributed by atoms with Crippen LogP contribution in [0.2, 0.25) is 0 Å². The normalized spacial score (nSPS) is 16.2. The molecule has 5 nitrogen and oxygen atoms in total. The topological polar surface area (TPSA) is 75.3 Å². The number of aliphatic hydroxyl groups excluding tert-OH is 1. The summed E-state index contributed by atoms with van der Waals surface area (Å²) in [4.78, 5) is 10.1. The largest absolute Gasteiger partial charge is 0.390 e. The van der Waals surface area contributed by atoms with Crippen LogP contribution >= 0.6 is 0 Å². The Balaban J connectivity index is 2.27. The first-order valence-electron chi connectivity index (χ1n) is 4.60. The van der Waals surface area contributed by atoms with E-state index in [1.165, 1.54) is 0 Å². The molecule has 3 N–H and O–H groups in total. The highest BCUT2D eigenvalue weighted by Crippen LogP contribution is 2.18. The summed E-state index contributed by atoms with van der Waals surface area (Å²) in [6.45, 7) is 1.75. The van der Waals surface area contributed by atoms with E-state index in [4.69, 9.17) is 10.8 Å². The van der Waals surface area contributed by atoms with Gasteiger partial charge in [-0.05, 0) is 12.8 Å². The summed E-state index contributed by atoms with van der Waals surface area (Å²) in [6.07, 6.45) is 3.26. The van der Waals surface area contributed by atoms with Crippen LogP contribution in [0.5, 0.6) is 0 Å². The van der Waals surface area contributed by atoms with Crippen molar-refractivity contribution in [2.24, 2.45) is 0 Å². The van der Waals surface area contributed by atoms with Crippen LogP contribution in [0.1, 0.15) is 12.1 Å². The molecule has 0 aromatic carbocycles. The van der Waals surface area contributed by atoms with E-state index in [1.807, 2.05) is 0 Å². The van der Waals surface area contributed by atoms with Crippen LogP contribution in [0.3, 0.4) is 0 Å². The zero-order chi connectivity index (χ0) is 9.97. The van der Waals surface area contributed by atoms with Gasteiger partial charge < -0.3 is 15.7 Å². The standard InChI is InChI=1S/C9H13N4O/c10-9-11-7(6-14)5-8(12-9)13-3-1-2-4-13/h1,5,14H,2-4,6H2,(H2,10,11,12). The van der Waals surface area contributed by atoms with E-state index in [1.54, 1.807) is 6.07 Å². The lowest BCUT2D eigenvalue weighted by Gasteiger charge is -2.16. The monoisotopic (exact) mass is 193 g/mol. The molecule has 2 rings (SSSR count). The van der Waals surface area contributed by atoms with Crippen LogP contribution in [0.15, 0.2) is 6.07 Å². The van der Waals surface area contributed by atoms with Gasteiger partial charge in [0.05, 0.1) is 12.3 Å². The Morgan fingerprint density at radius 1 is 1.50 bits per heavy atom. The Morgan fingerprint density at radius 3 is 3.00 bits per heavy atom. The van der Waals surface area contributed by atoms with Gasteiger partial charge in [0.25, 0.3) is 0 Å². The molecule has 1 aromatic heterocycles. The molecule has 0 saturated carbocycles. The molecule has 2 heterocycles. The van der Waals surface area contributed by atoms with Crippen molar-refractivity contribution in [3.8, 4) is 0 Å². The zero-order valence-electron chi connectivity index (χ0n) is 7.85. The quantitative estimate of drug-likeness (QED) is 0.689. The number of anilines is 2. The number of nitrogens with zero attached hydrogens (tertiary/aromatic N) is 3. The molecule has 0 atom stereocenters. The first-order valence-corrected chi connectivity index (χ1v) is 4.60. The Morgan fingerprint density at radius 2 is 2.36 bits per heavy atom. The fourth-order valence-electron chi connectivity index (χ4n) is 1.54. The van der Waals surface area contributed by atoms with Crippen molar-refractivity contribution in [3.05, 3.63) is 18.2 Å². The van der Waals surface area contributed by atoms with Gasteiger partial charge in [0.2, 0.25) is 5.95 Å². The van der Waals surface area contributed by atoms with Gasteiger partial charge in [-0.2, -0.15) is 4.98 Å². The molecule has 1 saturated heterocycles. The number of aliphatic hydroxyl groups is 1. The SMILES string of the molecule is Nc1nc(CO)cc(N2C[CH]CC2)n1. The highest BCUT2D eigenvalue weighted by Gasteiger charge is 2.14. The van der Waals surface area contributed by atoms with Crippen LogP contribution in [-0.2, 0) is 6.61 Å². The van der Waals surface area contributed by atoms with Crippen LogP contribution in [0.4, 0.5) is 11.8 Å². The van der Waals surface area contributed by atoms with E-state index in [-0.39, 0.29) is 12.6 Å². The highest BCUT2D eigenvalue weighted by atomic mass is 16.3. The fraction of sp³-hybridized carbons (Fsp3) is 0.444. The van der Waals surface area contributed by atoms with Crippen molar-refractivity contribution in [1.82, 2.24) is 9.97 Å². The number of aromatic nitrogens is 2. The number of nitrogen functional groups attached to an aromatic ring is 1. The fourth-order valence-corrected chi connectivity index (χ4v) is 1.54. The van der Waals surface area contributed by atoms with Crippen LogP contribution in [-0.4, -0.2) is 28.2 Å². The molecule has 1 aliphatic heterocycles. The van der Waals surface area contributed by atoms with E-state index < -0.39 is 0 Å². The minimum absolute atomic E-state index is 0.0999. The molecule has 1 radical (unpaired) electrons. The predicted octanol–water partition coefficient (Wildman–Crippen LogP) is -0.0345. The smallest absolute Gasteiger partial charge is 0.222 e. The molecule has 0 spiro atoms. The molecule has 0 aliphatic carbocycles. The van der Waals surface area contributed by atoms with Crippen molar-refractivity contribution < 1.29 is 5.11 Å². The lowest BCUT2D eigenvalue weighted by molar-refractivity contribution is 0.277. The number of hydrogen-bond acceptors (Lipinski definition) is 5. The van der Waals surface area contributed by atoms with Gasteiger partial charge in [-0.1, -0.05) is 0 Å². The molecule has 75 valence electrons. The molecule has 0 amide bonds. The van der Waals surface area contributed by atoms with Gasteiger partial charge in [0, 0.05) is 19.2 Å². The molecule has 1 aliphatic rings. The summed E-state index contributed by atoms with van der Waals surface area (Å²) < 4.78 is 0. The summed E-state index contributed by atoms with van der Waals surface area (Å²) in [5.41, 5.74) is 6.10. The molecule has 0 unspecified atom stereocenters. The predicted molar refractivity (Wildman–Crippen MR) is 53.5 cm³/mol. The van der Waals surface area contributed by atoms with E-state index in [2.05, 4.69) is 21.3 Å². The van der Waals surface area contributed by atoms with E-state index in [9.17, 15) is 0 Å². The molecule has 1 aromatic rings. The maximum absolute atomic E-state index is 8.96. The average molecular weight is 193 g/mol. The third-order valence-electron chi connectivity index (χ3n) is 2.22. The molecule has 5 heteroatoms. The lowest BCUT2D eigenvalue weighted by atomic mass is 10.4. The minimum atomic E-state index is -0.0999. The molecule has 14 heavy (non-hydrogen) atoms. The lowest BCUT2D eigenvalue weighted by Crippen LogP contribution is -2.20. The van der Waals surface area contributed by atoms with Crippen LogP contribution in [0.25, 0.3) is 0 Å². The first-order chi connectivity index (χ1) is 6.79. The summed E-state index contributed by atoms with van der Waals surface area (Å²) >= 11 is 0. The first kappa shape index (κ1) is 9.21. The van der Waals surface area contributed by atoms with Gasteiger partial charge in [-0.15, -0.1) is 0 Å². The van der Waals surface area contributed by atoms with Crippen molar-refractivity contribution in [3.63, 3.8) is 0 Å². The van der Waals surface area contributed by atoms with Crippen molar-refractivity contribution in [2.75, 3.05) is 23.7 Å². The maximum Gasteiger partial charge on any atom is 0.222 e. The number of rotatable bonds is 2. The molecular formula is C9H13N4O. The molecule has 0 bridgehead atoms. The number of hydrogen-bond donors (Lipinski definition) is 2. The van der Waals surface area contributed by atoms with Crippen LogP contribution in [0, 0.1) is 6.42 Å². The Bertz CT molecular complexity index is 323. The van der Waals surface area contributed by atoms with Gasteiger partial charge in [-0.25, -0.2) is 4.98 Å². The third-order valence-corrected chi connectivity index (χ3v) is 2.22. The third kappa shape index (κ3) is 1.77. The van der Waals surface area contributed by atoms with Crippen LogP contribution < -0.4 is 10.6 Å². The van der Waals surface area contributed by atoms with Crippen molar-refractivity contribution >= 4 is 11.8 Å². The summed E-state index contributed by atoms with van der Waals surface area (Å²) in [5.74, 6) is 1.02. The highest BCUT2D eigenvalue weighted by molar-refractivity contribution is 5.44. The number of nitrogens with two attached hydrogens (primary N) is 1. The zero-order valence-corrected chi connectivity index (χ0v) is 7.85. The van der Waals surface area contributed by atoms with Crippen molar-refractivity contribution in [2.45, 2.75) is 13.0 Å². The Labute approximate surface area is 82.6 Å². The Hall–Kier alpha value is -1.36. The molecular weight excluding hydrogens is 180 g/mol. The van der Waals surface area contributed by atoms with E-state index in [0.717, 1.165) is 25.3 Å². The summed E-state index contributed by atoms with van der Waals surface area (Å²) in [5, 5.41) is 8.96.